The summed E-state index contributed by atoms with van der Waals surface area (Å²) in [5.41, 5.74) is 3.71. The first-order valence-electron chi connectivity index (χ1n) is 7.67. The SMILES string of the molecule is COc1cc(/C=N/NC(=O)c2ccc(O)c(Cl)c2)cc(C#CCO)c1OC. The fourth-order valence-electron chi connectivity index (χ4n) is 2.17. The molecule has 0 unspecified atom stereocenters. The van der Waals surface area contributed by atoms with Gasteiger partial charge >= 0.3 is 0 Å². The maximum absolute atomic E-state index is 12.1. The summed E-state index contributed by atoms with van der Waals surface area (Å²) in [4.78, 5) is 12.1. The van der Waals surface area contributed by atoms with Gasteiger partial charge in [0, 0.05) is 5.56 Å². The zero-order chi connectivity index (χ0) is 19.8. The van der Waals surface area contributed by atoms with E-state index in [1.807, 2.05) is 0 Å². The Bertz CT molecular complexity index is 932. The van der Waals surface area contributed by atoms with Crippen molar-refractivity contribution >= 4 is 23.7 Å². The van der Waals surface area contributed by atoms with Gasteiger partial charge in [0.05, 0.1) is 31.0 Å². The number of hydrogen-bond donors (Lipinski definition) is 3. The smallest absolute Gasteiger partial charge is 0.271 e. The van der Waals surface area contributed by atoms with E-state index in [0.29, 0.717) is 22.6 Å². The van der Waals surface area contributed by atoms with Gasteiger partial charge in [0.2, 0.25) is 0 Å². The minimum absolute atomic E-state index is 0.0682. The highest BCUT2D eigenvalue weighted by Crippen LogP contribution is 2.31. The number of nitrogens with one attached hydrogen (secondary N) is 1. The molecule has 2 rings (SSSR count). The van der Waals surface area contributed by atoms with E-state index in [1.54, 1.807) is 12.1 Å². The molecule has 0 aliphatic rings. The van der Waals surface area contributed by atoms with Gasteiger partial charge in [-0.2, -0.15) is 5.10 Å². The molecule has 3 N–H and O–H groups in total. The Morgan fingerprint density at radius 3 is 2.70 bits per heavy atom. The molecule has 7 nitrogen and oxygen atoms in total. The van der Waals surface area contributed by atoms with Crippen molar-refractivity contribution in [1.82, 2.24) is 5.43 Å². The first-order valence-corrected chi connectivity index (χ1v) is 8.05. The third kappa shape index (κ3) is 5.14. The van der Waals surface area contributed by atoms with Crippen LogP contribution in [0.2, 0.25) is 5.02 Å². The van der Waals surface area contributed by atoms with Crippen molar-refractivity contribution in [3.8, 4) is 29.1 Å². The molecule has 8 heteroatoms. The molecule has 0 radical (unpaired) electrons. The van der Waals surface area contributed by atoms with E-state index in [9.17, 15) is 9.90 Å². The molecule has 0 fully saturated rings. The number of hydrogen-bond acceptors (Lipinski definition) is 6. The number of ether oxygens (including phenoxy) is 2. The van der Waals surface area contributed by atoms with Crippen molar-refractivity contribution < 1.29 is 24.5 Å². The minimum Gasteiger partial charge on any atom is -0.506 e. The van der Waals surface area contributed by atoms with Crippen molar-refractivity contribution in [2.45, 2.75) is 0 Å². The zero-order valence-electron chi connectivity index (χ0n) is 14.6. The molecule has 27 heavy (non-hydrogen) atoms. The van der Waals surface area contributed by atoms with Crippen LogP contribution in [0.25, 0.3) is 0 Å². The quantitative estimate of drug-likeness (QED) is 0.414. The number of hydrazone groups is 1. The lowest BCUT2D eigenvalue weighted by atomic mass is 10.1. The van der Waals surface area contributed by atoms with Gasteiger partial charge in [-0.15, -0.1) is 0 Å². The van der Waals surface area contributed by atoms with E-state index >= 15 is 0 Å². The second-order valence-corrected chi connectivity index (χ2v) is 5.54. The predicted molar refractivity (Wildman–Crippen MR) is 102 cm³/mol. The summed E-state index contributed by atoms with van der Waals surface area (Å²) in [7, 11) is 2.97. The highest BCUT2D eigenvalue weighted by molar-refractivity contribution is 6.32. The van der Waals surface area contributed by atoms with Gasteiger partial charge in [0.15, 0.2) is 11.5 Å². The van der Waals surface area contributed by atoms with Crippen LogP contribution in [0.5, 0.6) is 17.2 Å². The van der Waals surface area contributed by atoms with E-state index in [2.05, 4.69) is 22.4 Å². The molecular formula is C19H17ClN2O5. The predicted octanol–water partition coefficient (Wildman–Crippen LogP) is 2.17. The molecule has 0 aromatic heterocycles. The lowest BCUT2D eigenvalue weighted by Crippen LogP contribution is -2.17. The number of halogens is 1. The summed E-state index contributed by atoms with van der Waals surface area (Å²) < 4.78 is 10.6. The van der Waals surface area contributed by atoms with Crippen molar-refractivity contribution in [2.24, 2.45) is 5.10 Å². The van der Waals surface area contributed by atoms with Crippen LogP contribution in [-0.2, 0) is 0 Å². The number of amides is 1. The number of phenols is 1. The van der Waals surface area contributed by atoms with Crippen molar-refractivity contribution in [3.05, 3.63) is 52.0 Å². The molecule has 0 saturated heterocycles. The van der Waals surface area contributed by atoms with Crippen molar-refractivity contribution in [2.75, 3.05) is 20.8 Å². The molecule has 0 spiro atoms. The van der Waals surface area contributed by atoms with Crippen LogP contribution in [0.1, 0.15) is 21.5 Å². The van der Waals surface area contributed by atoms with Crippen LogP contribution in [0.3, 0.4) is 0 Å². The summed E-state index contributed by atoms with van der Waals surface area (Å²) in [6, 6.07) is 7.42. The van der Waals surface area contributed by atoms with Crippen LogP contribution in [0.15, 0.2) is 35.4 Å². The molecule has 0 heterocycles. The molecule has 0 atom stereocenters. The van der Waals surface area contributed by atoms with Crippen LogP contribution >= 0.6 is 11.6 Å². The zero-order valence-corrected chi connectivity index (χ0v) is 15.4. The number of carbonyl (C=O) groups is 1. The number of carbonyl (C=O) groups excluding carboxylic acids is 1. The second-order valence-electron chi connectivity index (χ2n) is 5.13. The molecule has 0 saturated carbocycles. The Labute approximate surface area is 161 Å². The summed E-state index contributed by atoms with van der Waals surface area (Å²) >= 11 is 5.78. The molecule has 0 aliphatic heterocycles. The molecule has 0 aliphatic carbocycles. The summed E-state index contributed by atoms with van der Waals surface area (Å²) in [5, 5.41) is 22.2. The summed E-state index contributed by atoms with van der Waals surface area (Å²) in [6.45, 7) is -0.297. The van der Waals surface area contributed by atoms with Gasteiger partial charge in [0.1, 0.15) is 12.4 Å². The minimum atomic E-state index is -0.492. The lowest BCUT2D eigenvalue weighted by Gasteiger charge is -2.10. The van der Waals surface area contributed by atoms with Gasteiger partial charge in [-0.3, -0.25) is 4.79 Å². The normalized spacial score (nSPS) is 10.2. The number of aliphatic hydroxyl groups is 1. The summed E-state index contributed by atoms with van der Waals surface area (Å²) in [5.74, 6) is 5.58. The van der Waals surface area contributed by atoms with Crippen molar-refractivity contribution in [1.29, 1.82) is 0 Å². The number of aliphatic hydroxyl groups excluding tert-OH is 1. The maximum atomic E-state index is 12.1. The fourth-order valence-corrected chi connectivity index (χ4v) is 2.35. The number of rotatable bonds is 5. The number of phenolic OH excluding ortho intramolecular Hbond substituents is 1. The monoisotopic (exact) mass is 388 g/mol. The third-order valence-corrected chi connectivity index (χ3v) is 3.70. The largest absolute Gasteiger partial charge is 0.506 e. The average molecular weight is 389 g/mol. The van der Waals surface area contributed by atoms with Crippen LogP contribution in [0, 0.1) is 11.8 Å². The highest BCUT2D eigenvalue weighted by atomic mass is 35.5. The Hall–Kier alpha value is -3.21. The standard InChI is InChI=1S/C19H17ClN2O5/c1-26-17-9-12(8-13(4-3-7-23)18(17)27-2)11-21-22-19(25)14-5-6-16(24)15(20)10-14/h5-6,8-11,23-24H,7H2,1-2H3,(H,22,25)/b21-11+. The van der Waals surface area contributed by atoms with Crippen LogP contribution in [-0.4, -0.2) is 43.2 Å². The Morgan fingerprint density at radius 1 is 1.30 bits per heavy atom. The fraction of sp³-hybridized carbons (Fsp3) is 0.158. The Morgan fingerprint density at radius 2 is 2.07 bits per heavy atom. The average Bonchev–Trinajstić information content (AvgIpc) is 2.67. The number of aromatic hydroxyl groups is 1. The van der Waals surface area contributed by atoms with Gasteiger partial charge < -0.3 is 19.7 Å². The van der Waals surface area contributed by atoms with E-state index in [4.69, 9.17) is 26.2 Å². The molecule has 2 aromatic rings. The van der Waals surface area contributed by atoms with Crippen LogP contribution < -0.4 is 14.9 Å². The third-order valence-electron chi connectivity index (χ3n) is 3.39. The van der Waals surface area contributed by atoms with E-state index in [1.165, 1.54) is 38.6 Å². The summed E-state index contributed by atoms with van der Waals surface area (Å²) in [6.07, 6.45) is 1.41. The Balaban J connectivity index is 2.22. The second kappa shape index (κ2) is 9.48. The molecule has 2 aromatic carbocycles. The molecule has 0 bridgehead atoms. The van der Waals surface area contributed by atoms with Gasteiger partial charge in [-0.1, -0.05) is 23.4 Å². The first-order chi connectivity index (χ1) is 13.0. The number of benzene rings is 2. The lowest BCUT2D eigenvalue weighted by molar-refractivity contribution is 0.0955. The molecule has 1 amide bonds. The maximum Gasteiger partial charge on any atom is 0.271 e. The Kier molecular flexibility index (Phi) is 7.06. The van der Waals surface area contributed by atoms with Gasteiger partial charge in [-0.25, -0.2) is 5.43 Å². The number of methoxy groups -OCH3 is 2. The first kappa shape index (κ1) is 20.1. The topological polar surface area (TPSA) is 100 Å². The van der Waals surface area contributed by atoms with Gasteiger partial charge in [-0.05, 0) is 35.9 Å². The van der Waals surface area contributed by atoms with Crippen molar-refractivity contribution in [3.63, 3.8) is 0 Å². The van der Waals surface area contributed by atoms with E-state index in [-0.39, 0.29) is 22.9 Å². The molecule has 140 valence electrons. The molecular weight excluding hydrogens is 372 g/mol. The van der Waals surface area contributed by atoms with Crippen LogP contribution in [0.4, 0.5) is 0 Å². The van der Waals surface area contributed by atoms with E-state index in [0.717, 1.165) is 0 Å². The number of nitrogens with zero attached hydrogens (tertiary/aromatic N) is 1. The highest BCUT2D eigenvalue weighted by Gasteiger charge is 2.11. The van der Waals surface area contributed by atoms with Gasteiger partial charge in [0.25, 0.3) is 5.91 Å². The van der Waals surface area contributed by atoms with E-state index < -0.39 is 5.91 Å².